The molecule has 0 aromatic carbocycles. The third-order valence-corrected chi connectivity index (χ3v) is 2.16. The Kier molecular flexibility index (Phi) is 1.62. The van der Waals surface area contributed by atoms with Crippen molar-refractivity contribution in [2.45, 2.75) is 12.8 Å². The molecule has 12 heavy (non-hydrogen) atoms. The molecule has 0 fully saturated rings. The molecule has 1 aliphatic heterocycles. The van der Waals surface area contributed by atoms with E-state index in [1.54, 1.807) is 6.08 Å². The van der Waals surface area contributed by atoms with E-state index in [-0.39, 0.29) is 0 Å². The van der Waals surface area contributed by atoms with Crippen molar-refractivity contribution in [3.8, 4) is 0 Å². The number of carboxylic acid groups (broad SMARTS) is 1. The molecule has 2 rings (SSSR count). The first kappa shape index (κ1) is 7.36. The quantitative estimate of drug-likeness (QED) is 0.519. The molecule has 1 heterocycles. The van der Waals surface area contributed by atoms with Crippen LogP contribution in [0.3, 0.4) is 0 Å². The maximum absolute atomic E-state index is 10.7. The molecule has 0 bridgehead atoms. The van der Waals surface area contributed by atoms with Gasteiger partial charge in [-0.15, -0.1) is 0 Å². The van der Waals surface area contributed by atoms with Gasteiger partial charge in [-0.25, -0.2) is 10.2 Å². The van der Waals surface area contributed by atoms with Crippen molar-refractivity contribution in [2.75, 3.05) is 6.54 Å². The van der Waals surface area contributed by atoms with E-state index < -0.39 is 5.97 Å². The maximum Gasteiger partial charge on any atom is 0.337 e. The Balaban J connectivity index is 2.34. The van der Waals surface area contributed by atoms with E-state index in [0.717, 1.165) is 25.1 Å². The Hall–Kier alpha value is -1.29. The average molecular weight is 166 g/mol. The molecule has 4 nitrogen and oxygen atoms in total. The second-order valence-electron chi connectivity index (χ2n) is 2.92. The molecular formula is C8H10N2O2. The number of hydrogen-bond donors (Lipinski definition) is 3. The Morgan fingerprint density at radius 2 is 2.42 bits per heavy atom. The summed E-state index contributed by atoms with van der Waals surface area (Å²) in [5.74, 6) is -0.849. The summed E-state index contributed by atoms with van der Waals surface area (Å²) in [5, 5.41) is 8.82. The predicted molar refractivity (Wildman–Crippen MR) is 43.1 cm³/mol. The van der Waals surface area contributed by atoms with Crippen molar-refractivity contribution in [1.29, 1.82) is 0 Å². The summed E-state index contributed by atoms with van der Waals surface area (Å²) in [7, 11) is 0. The minimum absolute atomic E-state index is 0.404. The Labute approximate surface area is 69.9 Å². The molecule has 0 aromatic rings. The lowest BCUT2D eigenvalue weighted by Gasteiger charge is -2.11. The van der Waals surface area contributed by atoms with Gasteiger partial charge in [0.15, 0.2) is 0 Å². The number of rotatable bonds is 1. The van der Waals surface area contributed by atoms with Gasteiger partial charge in [0.1, 0.15) is 0 Å². The zero-order valence-corrected chi connectivity index (χ0v) is 6.55. The number of nitrogens with one attached hydrogen (secondary N) is 2. The number of carboxylic acids is 1. The van der Waals surface area contributed by atoms with E-state index in [9.17, 15) is 4.79 Å². The maximum atomic E-state index is 10.7. The Bertz CT molecular complexity index is 291. The highest BCUT2D eigenvalue weighted by Crippen LogP contribution is 2.24. The highest BCUT2D eigenvalue weighted by molar-refractivity contribution is 5.92. The van der Waals surface area contributed by atoms with Gasteiger partial charge in [0, 0.05) is 6.54 Å². The van der Waals surface area contributed by atoms with Crippen molar-refractivity contribution in [3.05, 3.63) is 22.9 Å². The highest BCUT2D eigenvalue weighted by Gasteiger charge is 2.23. The van der Waals surface area contributed by atoms with Crippen LogP contribution in [0.15, 0.2) is 22.9 Å². The van der Waals surface area contributed by atoms with Crippen molar-refractivity contribution in [3.63, 3.8) is 0 Å². The zero-order valence-electron chi connectivity index (χ0n) is 6.55. The molecule has 2 aliphatic rings. The van der Waals surface area contributed by atoms with Gasteiger partial charge in [-0.05, 0) is 18.4 Å². The van der Waals surface area contributed by atoms with Crippen LogP contribution < -0.4 is 10.9 Å². The van der Waals surface area contributed by atoms with Gasteiger partial charge >= 0.3 is 5.97 Å². The number of hydrazine groups is 1. The fraction of sp³-hybridized carbons (Fsp3) is 0.375. The SMILES string of the molecule is O=C(O)C1=CCCC2=C1NNC2. The molecule has 64 valence electrons. The van der Waals surface area contributed by atoms with E-state index in [4.69, 9.17) is 5.11 Å². The number of carbonyl (C=O) groups is 1. The first-order chi connectivity index (χ1) is 5.79. The van der Waals surface area contributed by atoms with Gasteiger partial charge in [-0.3, -0.25) is 0 Å². The van der Waals surface area contributed by atoms with Crippen LogP contribution in [-0.4, -0.2) is 17.6 Å². The summed E-state index contributed by atoms with van der Waals surface area (Å²) in [6, 6.07) is 0. The second-order valence-corrected chi connectivity index (χ2v) is 2.92. The predicted octanol–water partition coefficient (Wildman–Crippen LogP) is 0.153. The summed E-state index contributed by atoms with van der Waals surface area (Å²) < 4.78 is 0. The molecule has 0 radical (unpaired) electrons. The summed E-state index contributed by atoms with van der Waals surface area (Å²) >= 11 is 0. The highest BCUT2D eigenvalue weighted by atomic mass is 16.4. The molecule has 0 atom stereocenters. The zero-order chi connectivity index (χ0) is 8.55. The minimum atomic E-state index is -0.849. The standard InChI is InChI=1S/C8H10N2O2/c11-8(12)6-3-1-2-5-4-9-10-7(5)6/h3,9-10H,1-2,4H2,(H,11,12). The number of aliphatic carboxylic acids is 1. The third-order valence-electron chi connectivity index (χ3n) is 2.16. The Morgan fingerprint density at radius 3 is 3.17 bits per heavy atom. The number of allylic oxidation sites excluding steroid dienone is 1. The van der Waals surface area contributed by atoms with Gasteiger partial charge in [0.2, 0.25) is 0 Å². The average Bonchev–Trinajstić information content (AvgIpc) is 2.49. The minimum Gasteiger partial charge on any atom is -0.478 e. The molecule has 0 spiro atoms. The number of hydrogen-bond acceptors (Lipinski definition) is 3. The molecule has 0 saturated heterocycles. The normalized spacial score (nSPS) is 21.5. The summed E-state index contributed by atoms with van der Waals surface area (Å²) in [5.41, 5.74) is 8.14. The molecule has 0 amide bonds. The van der Waals surface area contributed by atoms with Gasteiger partial charge in [-0.1, -0.05) is 6.08 Å². The lowest BCUT2D eigenvalue weighted by Crippen LogP contribution is -2.25. The van der Waals surface area contributed by atoms with Crippen LogP contribution in [0.2, 0.25) is 0 Å². The van der Waals surface area contributed by atoms with E-state index in [1.807, 2.05) is 0 Å². The van der Waals surface area contributed by atoms with Gasteiger partial charge in [0.25, 0.3) is 0 Å². The van der Waals surface area contributed by atoms with Crippen molar-refractivity contribution >= 4 is 5.97 Å². The van der Waals surface area contributed by atoms with Gasteiger partial charge in [-0.2, -0.15) is 0 Å². The topological polar surface area (TPSA) is 61.4 Å². The largest absolute Gasteiger partial charge is 0.478 e. The van der Waals surface area contributed by atoms with E-state index in [1.165, 1.54) is 5.57 Å². The fourth-order valence-corrected chi connectivity index (χ4v) is 1.57. The van der Waals surface area contributed by atoms with Crippen molar-refractivity contribution in [1.82, 2.24) is 10.9 Å². The summed E-state index contributed by atoms with van der Waals surface area (Å²) in [6.45, 7) is 0.764. The van der Waals surface area contributed by atoms with Crippen LogP contribution in [0.1, 0.15) is 12.8 Å². The third kappa shape index (κ3) is 1.00. The van der Waals surface area contributed by atoms with E-state index in [2.05, 4.69) is 10.9 Å². The van der Waals surface area contributed by atoms with Crippen molar-refractivity contribution < 1.29 is 9.90 Å². The van der Waals surface area contributed by atoms with Gasteiger partial charge in [0.05, 0.1) is 11.3 Å². The van der Waals surface area contributed by atoms with E-state index in [0.29, 0.717) is 5.57 Å². The van der Waals surface area contributed by atoms with Gasteiger partial charge < -0.3 is 10.5 Å². The Morgan fingerprint density at radius 1 is 1.58 bits per heavy atom. The molecule has 0 aromatic heterocycles. The van der Waals surface area contributed by atoms with Crippen LogP contribution in [0.5, 0.6) is 0 Å². The fourth-order valence-electron chi connectivity index (χ4n) is 1.57. The first-order valence-corrected chi connectivity index (χ1v) is 3.94. The van der Waals surface area contributed by atoms with Crippen molar-refractivity contribution in [2.24, 2.45) is 0 Å². The molecule has 3 N–H and O–H groups in total. The van der Waals surface area contributed by atoms with Crippen LogP contribution in [0, 0.1) is 0 Å². The second kappa shape index (κ2) is 2.64. The first-order valence-electron chi connectivity index (χ1n) is 3.94. The van der Waals surface area contributed by atoms with Crippen LogP contribution in [-0.2, 0) is 4.79 Å². The molecule has 4 heteroatoms. The molecular weight excluding hydrogens is 156 g/mol. The monoisotopic (exact) mass is 166 g/mol. The van der Waals surface area contributed by atoms with Crippen LogP contribution in [0.25, 0.3) is 0 Å². The molecule has 1 aliphatic carbocycles. The lowest BCUT2D eigenvalue weighted by molar-refractivity contribution is -0.132. The molecule has 0 unspecified atom stereocenters. The summed E-state index contributed by atoms with van der Waals surface area (Å²) in [6.07, 6.45) is 3.57. The van der Waals surface area contributed by atoms with Crippen LogP contribution >= 0.6 is 0 Å². The van der Waals surface area contributed by atoms with E-state index >= 15 is 0 Å². The smallest absolute Gasteiger partial charge is 0.337 e. The lowest BCUT2D eigenvalue weighted by atomic mass is 9.97. The summed E-state index contributed by atoms with van der Waals surface area (Å²) in [4.78, 5) is 10.7. The van der Waals surface area contributed by atoms with Crippen LogP contribution in [0.4, 0.5) is 0 Å². The molecule has 0 saturated carbocycles.